The maximum atomic E-state index is 12.7. The predicted octanol–water partition coefficient (Wildman–Crippen LogP) is 3.21. The Morgan fingerprint density at radius 1 is 1.16 bits per heavy atom. The van der Waals surface area contributed by atoms with E-state index in [0.29, 0.717) is 36.3 Å². The van der Waals surface area contributed by atoms with Crippen LogP contribution in [0, 0.1) is 6.92 Å². The van der Waals surface area contributed by atoms with Crippen LogP contribution in [0.25, 0.3) is 11.4 Å². The molecule has 1 aromatic carbocycles. The third kappa shape index (κ3) is 4.39. The van der Waals surface area contributed by atoms with Gasteiger partial charge in [-0.1, -0.05) is 6.07 Å². The fourth-order valence-electron chi connectivity index (χ4n) is 3.72. The minimum absolute atomic E-state index is 0.271. The van der Waals surface area contributed by atoms with Crippen molar-refractivity contribution in [2.45, 2.75) is 25.7 Å². The van der Waals surface area contributed by atoms with E-state index in [0.717, 1.165) is 48.4 Å². The molecule has 0 atom stereocenters. The van der Waals surface area contributed by atoms with Gasteiger partial charge < -0.3 is 15.0 Å². The van der Waals surface area contributed by atoms with Crippen LogP contribution in [0.15, 0.2) is 42.7 Å². The summed E-state index contributed by atoms with van der Waals surface area (Å²) in [4.78, 5) is 24.2. The first-order chi connectivity index (χ1) is 15.2. The lowest BCUT2D eigenvalue weighted by atomic mass is 10.1. The maximum Gasteiger partial charge on any atom is 0.276 e. The summed E-state index contributed by atoms with van der Waals surface area (Å²) in [7, 11) is 0. The molecule has 2 aromatic heterocycles. The molecule has 1 saturated carbocycles. The standard InChI is InChI=1S/C23H24N6O2/c1-15-2-5-18(26-23(30)20-12-17(14-25-28-20)16-3-4-16)13-19(15)22-24-7-6-21(27-22)29-8-10-31-11-9-29/h2,5-7,12-14,16H,3-4,8-11H2,1H3,(H,26,30). The second-order valence-corrected chi connectivity index (χ2v) is 7.97. The van der Waals surface area contributed by atoms with Crippen molar-refractivity contribution in [3.05, 3.63) is 59.5 Å². The number of hydrogen-bond donors (Lipinski definition) is 1. The molecule has 8 nitrogen and oxygen atoms in total. The molecule has 158 valence electrons. The Labute approximate surface area is 180 Å². The number of hydrogen-bond acceptors (Lipinski definition) is 7. The minimum atomic E-state index is -0.271. The first-order valence-electron chi connectivity index (χ1n) is 10.6. The molecule has 0 spiro atoms. The van der Waals surface area contributed by atoms with Gasteiger partial charge in [-0.25, -0.2) is 9.97 Å². The smallest absolute Gasteiger partial charge is 0.276 e. The van der Waals surface area contributed by atoms with Gasteiger partial charge in [0.15, 0.2) is 11.5 Å². The van der Waals surface area contributed by atoms with Gasteiger partial charge >= 0.3 is 0 Å². The van der Waals surface area contributed by atoms with E-state index in [9.17, 15) is 4.79 Å². The molecular weight excluding hydrogens is 392 g/mol. The number of carbonyl (C=O) groups is 1. The molecule has 1 N–H and O–H groups in total. The predicted molar refractivity (Wildman–Crippen MR) is 117 cm³/mol. The van der Waals surface area contributed by atoms with Crippen molar-refractivity contribution in [1.29, 1.82) is 0 Å². The Hall–Kier alpha value is -3.39. The van der Waals surface area contributed by atoms with E-state index >= 15 is 0 Å². The van der Waals surface area contributed by atoms with Crippen molar-refractivity contribution >= 4 is 17.4 Å². The molecule has 0 bridgehead atoms. The average molecular weight is 416 g/mol. The van der Waals surface area contributed by atoms with Crippen molar-refractivity contribution < 1.29 is 9.53 Å². The molecule has 3 aromatic rings. The quantitative estimate of drug-likeness (QED) is 0.683. The molecule has 1 amide bonds. The largest absolute Gasteiger partial charge is 0.378 e. The van der Waals surface area contributed by atoms with Gasteiger partial charge in [-0.15, -0.1) is 5.10 Å². The molecule has 2 fully saturated rings. The highest BCUT2D eigenvalue weighted by molar-refractivity contribution is 6.03. The van der Waals surface area contributed by atoms with Gasteiger partial charge in [0.1, 0.15) is 5.82 Å². The van der Waals surface area contributed by atoms with Crippen LogP contribution in [0.4, 0.5) is 11.5 Å². The van der Waals surface area contributed by atoms with Crippen LogP contribution in [0.2, 0.25) is 0 Å². The molecule has 3 heterocycles. The summed E-state index contributed by atoms with van der Waals surface area (Å²) >= 11 is 0. The summed E-state index contributed by atoms with van der Waals surface area (Å²) < 4.78 is 5.43. The van der Waals surface area contributed by atoms with E-state index in [2.05, 4.69) is 25.4 Å². The highest BCUT2D eigenvalue weighted by atomic mass is 16.5. The van der Waals surface area contributed by atoms with Crippen molar-refractivity contribution in [1.82, 2.24) is 20.2 Å². The van der Waals surface area contributed by atoms with E-state index in [-0.39, 0.29) is 5.91 Å². The Bertz CT molecular complexity index is 1110. The van der Waals surface area contributed by atoms with Crippen LogP contribution in [0.3, 0.4) is 0 Å². The summed E-state index contributed by atoms with van der Waals surface area (Å²) in [6, 6.07) is 9.50. The summed E-state index contributed by atoms with van der Waals surface area (Å²) in [6.07, 6.45) is 5.82. The van der Waals surface area contributed by atoms with Crippen molar-refractivity contribution in [2.24, 2.45) is 0 Å². The van der Waals surface area contributed by atoms with Crippen LogP contribution in [0.5, 0.6) is 0 Å². The molecule has 5 rings (SSSR count). The van der Waals surface area contributed by atoms with Crippen LogP contribution >= 0.6 is 0 Å². The number of aromatic nitrogens is 4. The van der Waals surface area contributed by atoms with Gasteiger partial charge in [-0.2, -0.15) is 5.10 Å². The fourth-order valence-corrected chi connectivity index (χ4v) is 3.72. The van der Waals surface area contributed by atoms with E-state index < -0.39 is 0 Å². The van der Waals surface area contributed by atoms with Crippen molar-refractivity contribution in [3.63, 3.8) is 0 Å². The Kier molecular flexibility index (Phi) is 5.30. The van der Waals surface area contributed by atoms with Crippen molar-refractivity contribution in [3.8, 4) is 11.4 Å². The van der Waals surface area contributed by atoms with Gasteiger partial charge in [-0.3, -0.25) is 4.79 Å². The van der Waals surface area contributed by atoms with Gasteiger partial charge in [0.2, 0.25) is 0 Å². The van der Waals surface area contributed by atoms with Crippen LogP contribution in [-0.2, 0) is 4.74 Å². The number of ether oxygens (including phenoxy) is 1. The van der Waals surface area contributed by atoms with E-state index in [4.69, 9.17) is 9.72 Å². The normalized spacial score (nSPS) is 16.2. The molecular formula is C23H24N6O2. The fraction of sp³-hybridized carbons (Fsp3) is 0.348. The molecule has 8 heteroatoms. The molecule has 31 heavy (non-hydrogen) atoms. The van der Waals surface area contributed by atoms with Crippen molar-refractivity contribution in [2.75, 3.05) is 36.5 Å². The zero-order valence-corrected chi connectivity index (χ0v) is 17.4. The first-order valence-corrected chi connectivity index (χ1v) is 10.6. The Morgan fingerprint density at radius 2 is 2.00 bits per heavy atom. The zero-order valence-electron chi connectivity index (χ0n) is 17.4. The number of carbonyl (C=O) groups excluding carboxylic acids is 1. The number of anilines is 2. The van der Waals surface area contributed by atoms with Crippen LogP contribution < -0.4 is 10.2 Å². The number of morpholine rings is 1. The second kappa shape index (κ2) is 8.39. The third-order valence-electron chi connectivity index (χ3n) is 5.67. The highest BCUT2D eigenvalue weighted by Gasteiger charge is 2.25. The third-order valence-corrected chi connectivity index (χ3v) is 5.67. The van der Waals surface area contributed by atoms with Crippen LogP contribution in [0.1, 0.15) is 40.4 Å². The van der Waals surface area contributed by atoms with Crippen LogP contribution in [-0.4, -0.2) is 52.4 Å². The minimum Gasteiger partial charge on any atom is -0.378 e. The Balaban J connectivity index is 1.38. The number of rotatable bonds is 5. The van der Waals surface area contributed by atoms with Gasteiger partial charge in [0.25, 0.3) is 5.91 Å². The topological polar surface area (TPSA) is 93.1 Å². The zero-order chi connectivity index (χ0) is 21.2. The maximum absolute atomic E-state index is 12.7. The van der Waals surface area contributed by atoms with E-state index in [1.54, 1.807) is 12.4 Å². The first kappa shape index (κ1) is 19.6. The average Bonchev–Trinajstić information content (AvgIpc) is 3.67. The number of amides is 1. The molecule has 1 aliphatic heterocycles. The lowest BCUT2D eigenvalue weighted by Gasteiger charge is -2.27. The van der Waals surface area contributed by atoms with Gasteiger partial charge in [-0.05, 0) is 61.1 Å². The summed E-state index contributed by atoms with van der Waals surface area (Å²) in [5, 5.41) is 10.9. The summed E-state index contributed by atoms with van der Waals surface area (Å²) in [5.74, 6) is 1.76. The monoisotopic (exact) mass is 416 g/mol. The van der Waals surface area contributed by atoms with Gasteiger partial charge in [0, 0.05) is 30.5 Å². The highest BCUT2D eigenvalue weighted by Crippen LogP contribution is 2.39. The lowest BCUT2D eigenvalue weighted by molar-refractivity contribution is 0.102. The van der Waals surface area contributed by atoms with E-state index in [1.807, 2.05) is 37.3 Å². The number of nitrogens with one attached hydrogen (secondary N) is 1. The van der Waals surface area contributed by atoms with E-state index in [1.165, 1.54) is 0 Å². The molecule has 1 saturated heterocycles. The number of aryl methyl sites for hydroxylation is 1. The number of benzene rings is 1. The van der Waals surface area contributed by atoms with Gasteiger partial charge in [0.05, 0.1) is 19.4 Å². The summed E-state index contributed by atoms with van der Waals surface area (Å²) in [6.45, 7) is 5.03. The lowest BCUT2D eigenvalue weighted by Crippen LogP contribution is -2.36. The summed E-state index contributed by atoms with van der Waals surface area (Å²) in [5.41, 5.74) is 4.00. The molecule has 1 aliphatic carbocycles. The Morgan fingerprint density at radius 3 is 2.81 bits per heavy atom. The molecule has 2 aliphatic rings. The second-order valence-electron chi connectivity index (χ2n) is 7.97. The number of nitrogens with zero attached hydrogens (tertiary/aromatic N) is 5. The molecule has 0 unspecified atom stereocenters. The SMILES string of the molecule is Cc1ccc(NC(=O)c2cc(C3CC3)cnn2)cc1-c1nccc(N2CCOCC2)n1. The molecule has 0 radical (unpaired) electrons.